The van der Waals surface area contributed by atoms with Crippen molar-refractivity contribution in [1.29, 1.82) is 0 Å². The van der Waals surface area contributed by atoms with Gasteiger partial charge in [0.2, 0.25) is 0 Å². The third-order valence-electron chi connectivity index (χ3n) is 7.10. The second kappa shape index (κ2) is 11.7. The van der Waals surface area contributed by atoms with Gasteiger partial charge >= 0.3 is 0 Å². The van der Waals surface area contributed by atoms with E-state index in [0.717, 1.165) is 40.5 Å². The van der Waals surface area contributed by atoms with Crippen LogP contribution in [0.1, 0.15) is 24.6 Å². The number of aryl methyl sites for hydroxylation is 2. The van der Waals surface area contributed by atoms with Crippen LogP contribution in [-0.4, -0.2) is 77.3 Å². The fraction of sp³-hybridized carbons (Fsp3) is 0.357. The number of likely N-dealkylation sites (N-methyl/N-ethyl adjacent to an activating group) is 1. The van der Waals surface area contributed by atoms with E-state index in [-0.39, 0.29) is 5.03 Å². The molecule has 1 aromatic carbocycles. The molecule has 13 heteroatoms. The summed E-state index contributed by atoms with van der Waals surface area (Å²) in [6.07, 6.45) is 0.903. The van der Waals surface area contributed by atoms with E-state index in [2.05, 4.69) is 50.7 Å². The van der Waals surface area contributed by atoms with Gasteiger partial charge in [-0.15, -0.1) is 11.3 Å². The lowest BCUT2D eigenvalue weighted by Gasteiger charge is -2.31. The molecule has 1 aliphatic rings. The summed E-state index contributed by atoms with van der Waals surface area (Å²) in [5.74, 6) is 0.977. The molecule has 4 N–H and O–H groups in total. The zero-order valence-corrected chi connectivity index (χ0v) is 25.3. The number of sulfonamides is 1. The van der Waals surface area contributed by atoms with Crippen molar-refractivity contribution in [3.8, 4) is 22.6 Å². The Bertz CT molecular complexity index is 1640. The van der Waals surface area contributed by atoms with Crippen LogP contribution in [0.5, 0.6) is 0 Å². The normalized spacial score (nSPS) is 14.8. The first-order valence-electron chi connectivity index (χ1n) is 13.5. The quantitative estimate of drug-likeness (QED) is 0.308. The second-order valence-electron chi connectivity index (χ2n) is 10.2. The zero-order valence-electron chi connectivity index (χ0n) is 23.7. The van der Waals surface area contributed by atoms with Gasteiger partial charge < -0.3 is 21.3 Å². The highest BCUT2D eigenvalue weighted by molar-refractivity contribution is 7.89. The maximum Gasteiger partial charge on any atom is 0.260 e. The van der Waals surface area contributed by atoms with Gasteiger partial charge in [-0.05, 0) is 56.6 Å². The van der Waals surface area contributed by atoms with E-state index in [1.54, 1.807) is 6.07 Å². The van der Waals surface area contributed by atoms with Crippen LogP contribution in [0.2, 0.25) is 0 Å². The fourth-order valence-electron chi connectivity index (χ4n) is 4.85. The van der Waals surface area contributed by atoms with Crippen LogP contribution in [0.15, 0.2) is 46.8 Å². The third-order valence-corrected chi connectivity index (χ3v) is 9.77. The molecule has 0 bridgehead atoms. The first-order chi connectivity index (χ1) is 19.6. The summed E-state index contributed by atoms with van der Waals surface area (Å²) in [4.78, 5) is 22.3. The molecule has 216 valence electrons. The molecule has 1 fully saturated rings. The fourth-order valence-corrected chi connectivity index (χ4v) is 7.09. The van der Waals surface area contributed by atoms with E-state index in [0.29, 0.717) is 55.0 Å². The molecule has 0 saturated carbocycles. The lowest BCUT2D eigenvalue weighted by atomic mass is 10.0. The van der Waals surface area contributed by atoms with Gasteiger partial charge in [-0.3, -0.25) is 0 Å². The zero-order chi connectivity index (χ0) is 29.3. The largest absolute Gasteiger partial charge is 0.384 e. The van der Waals surface area contributed by atoms with Crippen molar-refractivity contribution in [1.82, 2.24) is 29.1 Å². The van der Waals surface area contributed by atoms with Crippen LogP contribution in [-0.2, 0) is 10.0 Å². The number of rotatable bonds is 8. The Morgan fingerprint density at radius 1 is 0.951 bits per heavy atom. The van der Waals surface area contributed by atoms with Crippen molar-refractivity contribution in [2.24, 2.45) is 0 Å². The molecule has 4 heterocycles. The van der Waals surface area contributed by atoms with Gasteiger partial charge in [0.15, 0.2) is 16.0 Å². The Morgan fingerprint density at radius 3 is 2.32 bits per heavy atom. The molecule has 0 unspecified atom stereocenters. The van der Waals surface area contributed by atoms with E-state index in [4.69, 9.17) is 16.5 Å². The summed E-state index contributed by atoms with van der Waals surface area (Å²) in [5.41, 5.74) is 16.9. The molecule has 1 saturated heterocycles. The predicted octanol–water partition coefficient (Wildman–Crippen LogP) is 3.93. The van der Waals surface area contributed by atoms with Crippen LogP contribution in [0.4, 0.5) is 22.5 Å². The summed E-state index contributed by atoms with van der Waals surface area (Å²) in [6.45, 7) is 9.13. The standard InChI is InChI=1S/C28H35N9O2S2/c1-5-10-37(28-32-22(17-40-28)27-33-24(29)16-25(30)34-27)23-15-20(7-6-18(23)2)21-8-9-26(31-19(21)3)41(38,39)36-13-11-35(4)12-14-36/h6-9,15-17H,5,10-14H2,1-4H3,(H4,29,30,33,34). The lowest BCUT2D eigenvalue weighted by Crippen LogP contribution is -2.47. The smallest absolute Gasteiger partial charge is 0.260 e. The van der Waals surface area contributed by atoms with Crippen LogP contribution < -0.4 is 16.4 Å². The molecule has 0 radical (unpaired) electrons. The van der Waals surface area contributed by atoms with E-state index in [1.807, 2.05) is 31.5 Å². The number of nitrogen functional groups attached to an aromatic ring is 2. The number of thiazole rings is 1. The Balaban J connectivity index is 1.47. The van der Waals surface area contributed by atoms with Crippen molar-refractivity contribution < 1.29 is 8.42 Å². The minimum absolute atomic E-state index is 0.0861. The van der Waals surface area contributed by atoms with E-state index in [1.165, 1.54) is 21.7 Å². The Labute approximate surface area is 244 Å². The monoisotopic (exact) mass is 593 g/mol. The molecule has 3 aromatic heterocycles. The van der Waals surface area contributed by atoms with Gasteiger partial charge in [-0.2, -0.15) is 4.31 Å². The number of piperazine rings is 1. The lowest BCUT2D eigenvalue weighted by molar-refractivity contribution is 0.222. The highest BCUT2D eigenvalue weighted by Crippen LogP contribution is 2.36. The third kappa shape index (κ3) is 6.03. The average molecular weight is 594 g/mol. The molecular weight excluding hydrogens is 559 g/mol. The van der Waals surface area contributed by atoms with Gasteiger partial charge in [0.05, 0.1) is 0 Å². The van der Waals surface area contributed by atoms with Crippen LogP contribution >= 0.6 is 11.3 Å². The highest BCUT2D eigenvalue weighted by atomic mass is 32.2. The summed E-state index contributed by atoms with van der Waals surface area (Å²) in [7, 11) is -1.65. The van der Waals surface area contributed by atoms with Gasteiger partial charge in [-0.25, -0.2) is 28.4 Å². The van der Waals surface area contributed by atoms with Crippen molar-refractivity contribution in [2.45, 2.75) is 32.2 Å². The number of hydrogen-bond donors (Lipinski definition) is 2. The van der Waals surface area contributed by atoms with Crippen LogP contribution in [0.25, 0.3) is 22.6 Å². The maximum atomic E-state index is 13.3. The molecule has 4 aromatic rings. The van der Waals surface area contributed by atoms with Crippen molar-refractivity contribution in [3.63, 3.8) is 0 Å². The topological polar surface area (TPSA) is 147 Å². The van der Waals surface area contributed by atoms with Gasteiger partial charge in [-0.1, -0.05) is 19.1 Å². The maximum absolute atomic E-state index is 13.3. The molecule has 0 atom stereocenters. The molecule has 11 nitrogen and oxygen atoms in total. The SMILES string of the molecule is CCCN(c1nc(-c2nc(N)cc(N)n2)cs1)c1cc(-c2ccc(S(=O)(=O)N3CCN(C)CC3)nc2C)ccc1C. The average Bonchev–Trinajstić information content (AvgIpc) is 3.42. The summed E-state index contributed by atoms with van der Waals surface area (Å²) >= 11 is 1.50. The number of benzene rings is 1. The van der Waals surface area contributed by atoms with Crippen molar-refractivity contribution >= 4 is 43.8 Å². The van der Waals surface area contributed by atoms with E-state index in [9.17, 15) is 8.42 Å². The molecule has 0 spiro atoms. The number of nitrogens with two attached hydrogens (primary N) is 2. The van der Waals surface area contributed by atoms with Gasteiger partial charge in [0.25, 0.3) is 10.0 Å². The van der Waals surface area contributed by atoms with Crippen molar-refractivity contribution in [2.75, 3.05) is 56.1 Å². The first-order valence-corrected chi connectivity index (χ1v) is 15.8. The van der Waals surface area contributed by atoms with Gasteiger partial charge in [0.1, 0.15) is 17.3 Å². The molecular formula is C28H35N9O2S2. The Hall–Kier alpha value is -3.65. The van der Waals surface area contributed by atoms with Crippen molar-refractivity contribution in [3.05, 3.63) is 53.0 Å². The number of aromatic nitrogens is 4. The molecule has 0 aliphatic carbocycles. The van der Waals surface area contributed by atoms with E-state index < -0.39 is 10.0 Å². The van der Waals surface area contributed by atoms with Gasteiger partial charge in [0, 0.05) is 61.1 Å². The minimum Gasteiger partial charge on any atom is -0.384 e. The highest BCUT2D eigenvalue weighted by Gasteiger charge is 2.29. The molecule has 5 rings (SSSR count). The number of hydrogen-bond acceptors (Lipinski definition) is 11. The summed E-state index contributed by atoms with van der Waals surface area (Å²) in [6, 6.07) is 11.2. The molecule has 41 heavy (non-hydrogen) atoms. The van der Waals surface area contributed by atoms with Crippen LogP contribution in [0, 0.1) is 13.8 Å². The first kappa shape index (κ1) is 28.9. The van der Waals surface area contributed by atoms with Crippen LogP contribution in [0.3, 0.4) is 0 Å². The number of nitrogens with zero attached hydrogens (tertiary/aromatic N) is 7. The predicted molar refractivity (Wildman–Crippen MR) is 165 cm³/mol. The Kier molecular flexibility index (Phi) is 8.23. The summed E-state index contributed by atoms with van der Waals surface area (Å²) < 4.78 is 28.0. The number of pyridine rings is 1. The van der Waals surface area contributed by atoms with E-state index >= 15 is 0 Å². The minimum atomic E-state index is -3.65. The number of anilines is 4. The molecule has 1 aliphatic heterocycles. The summed E-state index contributed by atoms with van der Waals surface area (Å²) in [5, 5.41) is 2.79. The Morgan fingerprint density at radius 2 is 1.66 bits per heavy atom. The molecule has 0 amide bonds. The second-order valence-corrected chi connectivity index (χ2v) is 12.9.